The first kappa shape index (κ1) is 15.0. The fraction of sp³-hybridized carbons (Fsp3) is 0.615. The van der Waals surface area contributed by atoms with Gasteiger partial charge in [-0.05, 0) is 28.1 Å². The van der Waals surface area contributed by atoms with Crippen LogP contribution in [0.4, 0.5) is 0 Å². The molecule has 0 unspecified atom stereocenters. The molecule has 1 amide bonds. The number of amides is 1. The predicted molar refractivity (Wildman–Crippen MR) is 80.4 cm³/mol. The summed E-state index contributed by atoms with van der Waals surface area (Å²) < 4.78 is 6.12. The molecule has 1 aliphatic rings. The molecule has 1 saturated heterocycles. The summed E-state index contributed by atoms with van der Waals surface area (Å²) in [7, 11) is 1.63. The van der Waals surface area contributed by atoms with Crippen LogP contribution in [0.1, 0.15) is 11.3 Å². The molecule has 0 radical (unpaired) electrons. The fourth-order valence-corrected chi connectivity index (χ4v) is 3.69. The van der Waals surface area contributed by atoms with E-state index in [9.17, 15) is 4.79 Å². The highest BCUT2D eigenvalue weighted by Gasteiger charge is 2.20. The molecule has 1 aliphatic heterocycles. The molecule has 2 heterocycles. The van der Waals surface area contributed by atoms with E-state index in [0.717, 1.165) is 32.7 Å². The van der Waals surface area contributed by atoms with Crippen LogP contribution < -0.4 is 0 Å². The number of rotatable bonds is 5. The minimum atomic E-state index is 0.209. The van der Waals surface area contributed by atoms with E-state index in [4.69, 9.17) is 4.74 Å². The smallest absolute Gasteiger partial charge is 0.224 e. The second-order valence-corrected chi connectivity index (χ2v) is 7.15. The lowest BCUT2D eigenvalue weighted by molar-refractivity contribution is -0.133. The van der Waals surface area contributed by atoms with Crippen LogP contribution in [0, 0.1) is 0 Å². The van der Waals surface area contributed by atoms with Gasteiger partial charge in [-0.2, -0.15) is 0 Å². The molecule has 2 rings (SSSR count). The molecule has 0 bridgehead atoms. The standard InChI is InChI=1S/C13H19BrN2O2S/c1-18-9-4-13(17)16-7-5-15(6-8-16)10-11-2-3-12(14)19-11/h2-3H,4-10H2,1H3. The molecular weight excluding hydrogens is 328 g/mol. The van der Waals surface area contributed by atoms with E-state index in [0.29, 0.717) is 13.0 Å². The van der Waals surface area contributed by atoms with Gasteiger partial charge in [-0.15, -0.1) is 11.3 Å². The maximum Gasteiger partial charge on any atom is 0.224 e. The first-order valence-corrected chi connectivity index (χ1v) is 8.03. The van der Waals surface area contributed by atoms with E-state index in [2.05, 4.69) is 33.0 Å². The normalized spacial score (nSPS) is 16.8. The average molecular weight is 347 g/mol. The fourth-order valence-electron chi connectivity index (χ4n) is 2.16. The summed E-state index contributed by atoms with van der Waals surface area (Å²) in [6, 6.07) is 4.25. The van der Waals surface area contributed by atoms with E-state index in [1.165, 1.54) is 8.66 Å². The zero-order chi connectivity index (χ0) is 13.7. The lowest BCUT2D eigenvalue weighted by atomic mass is 10.2. The van der Waals surface area contributed by atoms with E-state index in [1.54, 1.807) is 18.4 Å². The molecule has 4 nitrogen and oxygen atoms in total. The average Bonchev–Trinajstić information content (AvgIpc) is 2.82. The lowest BCUT2D eigenvalue weighted by Gasteiger charge is -2.34. The van der Waals surface area contributed by atoms with Gasteiger partial charge in [0.15, 0.2) is 0 Å². The Labute approximate surface area is 126 Å². The molecular formula is C13H19BrN2O2S. The van der Waals surface area contributed by atoms with Crippen molar-refractivity contribution in [3.63, 3.8) is 0 Å². The van der Waals surface area contributed by atoms with E-state index in [-0.39, 0.29) is 5.91 Å². The number of carbonyl (C=O) groups excluding carboxylic acids is 1. The van der Waals surface area contributed by atoms with E-state index in [1.807, 2.05) is 4.90 Å². The van der Waals surface area contributed by atoms with Gasteiger partial charge in [0.1, 0.15) is 0 Å². The van der Waals surface area contributed by atoms with Crippen molar-refractivity contribution in [3.8, 4) is 0 Å². The molecule has 0 aromatic carbocycles. The van der Waals surface area contributed by atoms with Crippen molar-refractivity contribution in [2.24, 2.45) is 0 Å². The Kier molecular flexibility index (Phi) is 5.81. The third-order valence-electron chi connectivity index (χ3n) is 3.25. The predicted octanol–water partition coefficient (Wildman–Crippen LogP) is 2.19. The molecule has 106 valence electrons. The maximum atomic E-state index is 11.8. The van der Waals surface area contributed by atoms with Crippen LogP contribution in [0.3, 0.4) is 0 Å². The number of ether oxygens (including phenoxy) is 1. The Morgan fingerprint density at radius 3 is 2.68 bits per heavy atom. The second kappa shape index (κ2) is 7.38. The number of thiophene rings is 1. The SMILES string of the molecule is COCCC(=O)N1CCN(Cc2ccc(Br)s2)CC1. The van der Waals surface area contributed by atoms with Gasteiger partial charge in [0, 0.05) is 44.7 Å². The van der Waals surface area contributed by atoms with Gasteiger partial charge in [-0.1, -0.05) is 0 Å². The Bertz CT molecular complexity index is 417. The number of piperazine rings is 1. The van der Waals surface area contributed by atoms with Crippen molar-refractivity contribution in [2.45, 2.75) is 13.0 Å². The minimum absolute atomic E-state index is 0.209. The summed E-state index contributed by atoms with van der Waals surface area (Å²) in [6.45, 7) is 5.06. The van der Waals surface area contributed by atoms with Crippen molar-refractivity contribution in [1.29, 1.82) is 0 Å². The molecule has 0 aliphatic carbocycles. The Balaban J connectivity index is 1.74. The van der Waals surface area contributed by atoms with E-state index >= 15 is 0 Å². The molecule has 0 N–H and O–H groups in total. The molecule has 0 spiro atoms. The van der Waals surface area contributed by atoms with Crippen molar-refractivity contribution in [3.05, 3.63) is 20.8 Å². The van der Waals surface area contributed by atoms with Gasteiger partial charge >= 0.3 is 0 Å². The minimum Gasteiger partial charge on any atom is -0.384 e. The molecule has 1 aromatic heterocycles. The zero-order valence-electron chi connectivity index (χ0n) is 11.1. The molecule has 19 heavy (non-hydrogen) atoms. The molecule has 1 aromatic rings. The van der Waals surface area contributed by atoms with Gasteiger partial charge in [-0.3, -0.25) is 9.69 Å². The number of methoxy groups -OCH3 is 1. The van der Waals surface area contributed by atoms with Gasteiger partial charge in [0.05, 0.1) is 16.8 Å². The monoisotopic (exact) mass is 346 g/mol. The quantitative estimate of drug-likeness (QED) is 0.819. The van der Waals surface area contributed by atoms with Crippen molar-refractivity contribution < 1.29 is 9.53 Å². The lowest BCUT2D eigenvalue weighted by Crippen LogP contribution is -2.48. The number of carbonyl (C=O) groups is 1. The zero-order valence-corrected chi connectivity index (χ0v) is 13.5. The highest BCUT2D eigenvalue weighted by Crippen LogP contribution is 2.23. The first-order chi connectivity index (χ1) is 9.19. The third kappa shape index (κ3) is 4.56. The maximum absolute atomic E-state index is 11.8. The molecule has 0 saturated carbocycles. The summed E-state index contributed by atoms with van der Waals surface area (Å²) in [4.78, 5) is 17.6. The van der Waals surface area contributed by atoms with Crippen LogP contribution in [0.25, 0.3) is 0 Å². The summed E-state index contributed by atoms with van der Waals surface area (Å²) in [6.07, 6.45) is 0.494. The Morgan fingerprint density at radius 2 is 2.11 bits per heavy atom. The van der Waals surface area contributed by atoms with Gasteiger partial charge < -0.3 is 9.64 Å². The van der Waals surface area contributed by atoms with E-state index < -0.39 is 0 Å². The highest BCUT2D eigenvalue weighted by atomic mass is 79.9. The molecule has 0 atom stereocenters. The molecule has 6 heteroatoms. The number of hydrogen-bond acceptors (Lipinski definition) is 4. The molecule has 1 fully saturated rings. The van der Waals surface area contributed by atoms with Crippen LogP contribution in [0.2, 0.25) is 0 Å². The summed E-state index contributed by atoms with van der Waals surface area (Å²) in [5.41, 5.74) is 0. The van der Waals surface area contributed by atoms with Crippen LogP contribution in [-0.2, 0) is 16.1 Å². The first-order valence-electron chi connectivity index (χ1n) is 6.42. The third-order valence-corrected chi connectivity index (χ3v) is 4.86. The number of nitrogens with zero attached hydrogens (tertiary/aromatic N) is 2. The van der Waals surface area contributed by atoms with Gasteiger partial charge in [0.25, 0.3) is 0 Å². The van der Waals surface area contributed by atoms with Crippen LogP contribution in [0.15, 0.2) is 15.9 Å². The van der Waals surface area contributed by atoms with Crippen LogP contribution >= 0.6 is 27.3 Å². The Hall–Kier alpha value is -0.430. The van der Waals surface area contributed by atoms with Gasteiger partial charge in [0.2, 0.25) is 5.91 Å². The number of hydrogen-bond donors (Lipinski definition) is 0. The largest absolute Gasteiger partial charge is 0.384 e. The highest BCUT2D eigenvalue weighted by molar-refractivity contribution is 9.11. The van der Waals surface area contributed by atoms with Crippen molar-refractivity contribution >= 4 is 33.2 Å². The summed E-state index contributed by atoms with van der Waals surface area (Å²) in [5.74, 6) is 0.209. The Morgan fingerprint density at radius 1 is 1.37 bits per heavy atom. The number of halogens is 1. The van der Waals surface area contributed by atoms with Crippen LogP contribution in [0.5, 0.6) is 0 Å². The topological polar surface area (TPSA) is 32.8 Å². The summed E-state index contributed by atoms with van der Waals surface area (Å²) >= 11 is 5.26. The van der Waals surface area contributed by atoms with Crippen molar-refractivity contribution in [2.75, 3.05) is 39.9 Å². The second-order valence-electron chi connectivity index (χ2n) is 4.61. The van der Waals surface area contributed by atoms with Crippen molar-refractivity contribution in [1.82, 2.24) is 9.80 Å². The van der Waals surface area contributed by atoms with Gasteiger partial charge in [-0.25, -0.2) is 0 Å². The summed E-state index contributed by atoms with van der Waals surface area (Å²) in [5, 5.41) is 0. The van der Waals surface area contributed by atoms with Crippen LogP contribution in [-0.4, -0.2) is 55.6 Å².